The Kier molecular flexibility index (Phi) is 2.04. The molecule has 0 aliphatic rings. The Morgan fingerprint density at radius 2 is 1.12 bits per heavy atom. The van der Waals surface area contributed by atoms with Gasteiger partial charge < -0.3 is 0 Å². The summed E-state index contributed by atoms with van der Waals surface area (Å²) < 4.78 is -0.383. The van der Waals surface area contributed by atoms with Gasteiger partial charge >= 0.3 is 0 Å². The first-order chi connectivity index (χ1) is 3.04. The summed E-state index contributed by atoms with van der Waals surface area (Å²) in [6.07, 6.45) is 0. The fourth-order valence-electron chi connectivity index (χ4n) is 0. The van der Waals surface area contributed by atoms with Crippen LogP contribution in [0.2, 0.25) is 0 Å². The SMILES string of the molecule is COS(Cl)(Cl)(Cl)(Cl)Cl. The zero-order chi connectivity index (χ0) is 7.12. The van der Waals surface area contributed by atoms with E-state index in [2.05, 4.69) is 4.18 Å². The highest BCUT2D eigenvalue weighted by Gasteiger charge is 2.51. The van der Waals surface area contributed by atoms with Crippen molar-refractivity contribution in [3.8, 4) is 0 Å². The van der Waals surface area contributed by atoms with Gasteiger partial charge in [0.2, 0.25) is 0 Å². The maximum atomic E-state index is 5.19. The van der Waals surface area contributed by atoms with Crippen LogP contribution in [0.5, 0.6) is 0 Å². The van der Waals surface area contributed by atoms with Gasteiger partial charge in [0.25, 0.3) is 0 Å². The maximum absolute atomic E-state index is 5.19. The molecule has 0 aromatic heterocycles. The lowest BCUT2D eigenvalue weighted by Gasteiger charge is -2.48. The lowest BCUT2D eigenvalue weighted by Crippen LogP contribution is -1.97. The summed E-state index contributed by atoms with van der Waals surface area (Å²) in [6.45, 7) is 0. The van der Waals surface area contributed by atoms with E-state index in [4.69, 9.17) is 53.4 Å². The zero-order valence-electron chi connectivity index (χ0n) is 3.71. The van der Waals surface area contributed by atoms with Crippen molar-refractivity contribution in [1.29, 1.82) is 0 Å². The summed E-state index contributed by atoms with van der Waals surface area (Å²) >= 11 is 0. The van der Waals surface area contributed by atoms with E-state index in [0.29, 0.717) is 0 Å². The van der Waals surface area contributed by atoms with Crippen molar-refractivity contribution in [2.24, 2.45) is 0 Å². The van der Waals surface area contributed by atoms with Gasteiger partial charge in [-0.2, -0.15) is 0 Å². The van der Waals surface area contributed by atoms with Gasteiger partial charge in [-0.1, -0.05) is 0 Å². The maximum Gasteiger partial charge on any atom is 0.102 e. The molecule has 1 nitrogen and oxygen atoms in total. The molecule has 0 N–H and O–H groups in total. The Morgan fingerprint density at radius 1 is 1.00 bits per heavy atom. The Labute approximate surface area is 69.1 Å². The van der Waals surface area contributed by atoms with Crippen molar-refractivity contribution in [2.75, 3.05) is 7.11 Å². The monoisotopic (exact) mass is 238 g/mol. The Bertz CT molecular complexity index is 95.6. The molecule has 0 fully saturated rings. The van der Waals surface area contributed by atoms with E-state index < -0.39 is 4.64 Å². The first kappa shape index (κ1) is 9.76. The van der Waals surface area contributed by atoms with Crippen molar-refractivity contribution in [3.05, 3.63) is 0 Å². The van der Waals surface area contributed by atoms with Gasteiger partial charge in [-0.3, -0.25) is 4.18 Å². The summed E-state index contributed by atoms with van der Waals surface area (Å²) in [5, 5.41) is 0. The van der Waals surface area contributed by atoms with Crippen LogP contribution in [0, 0.1) is 0 Å². The molecule has 0 unspecified atom stereocenters. The van der Waals surface area contributed by atoms with Crippen LogP contribution < -0.4 is 0 Å². The van der Waals surface area contributed by atoms with Crippen molar-refractivity contribution in [1.82, 2.24) is 0 Å². The summed E-state index contributed by atoms with van der Waals surface area (Å²) in [5.74, 6) is 0. The molecule has 0 saturated carbocycles. The third-order valence-corrected chi connectivity index (χ3v) is 2.83. The Hall–Kier alpha value is 1.76. The topological polar surface area (TPSA) is 9.23 Å². The molecule has 0 aromatic rings. The second-order valence-corrected chi connectivity index (χ2v) is 19.1. The molecule has 0 saturated heterocycles. The third kappa shape index (κ3) is 7.76. The lowest BCUT2D eigenvalue weighted by molar-refractivity contribution is 0.483. The molecule has 0 aromatic carbocycles. The van der Waals surface area contributed by atoms with Crippen LogP contribution in [-0.2, 0) is 4.18 Å². The van der Waals surface area contributed by atoms with E-state index >= 15 is 0 Å². The van der Waals surface area contributed by atoms with E-state index in [1.807, 2.05) is 0 Å². The normalized spacial score (nSPS) is 21.8. The number of hydrogen-bond donors (Lipinski definition) is 0. The van der Waals surface area contributed by atoms with E-state index in [1.165, 1.54) is 0 Å². The molecule has 0 aliphatic carbocycles. The molecule has 7 heteroatoms. The number of hydrogen-bond acceptors (Lipinski definition) is 1. The van der Waals surface area contributed by atoms with E-state index in [9.17, 15) is 0 Å². The van der Waals surface area contributed by atoms with E-state index in [1.54, 1.807) is 0 Å². The van der Waals surface area contributed by atoms with Gasteiger partial charge in [0.05, 0.1) is 7.11 Å². The quantitative estimate of drug-likeness (QED) is 0.667. The highest BCUT2D eigenvalue weighted by atomic mass is 36.6. The van der Waals surface area contributed by atoms with E-state index in [-0.39, 0.29) is 0 Å². The number of rotatable bonds is 1. The molecule has 0 rings (SSSR count). The summed E-state index contributed by atoms with van der Waals surface area (Å²) in [4.78, 5) is 0. The summed E-state index contributed by atoms with van der Waals surface area (Å²) in [6, 6.07) is 0. The van der Waals surface area contributed by atoms with E-state index in [0.717, 1.165) is 7.11 Å². The van der Waals surface area contributed by atoms with Crippen LogP contribution in [0.4, 0.5) is 0 Å². The van der Waals surface area contributed by atoms with Crippen molar-refractivity contribution in [2.45, 2.75) is 0 Å². The van der Waals surface area contributed by atoms with Crippen LogP contribution in [0.25, 0.3) is 0 Å². The largest absolute Gasteiger partial charge is 0.299 e. The molecule has 8 heavy (non-hydrogen) atoms. The smallest absolute Gasteiger partial charge is 0.102 e. The van der Waals surface area contributed by atoms with Crippen LogP contribution in [0.15, 0.2) is 0 Å². The molecule has 0 amide bonds. The standard InChI is InChI=1S/CH3Cl5OS/c1-7-8(2,3,4,5)6/h1H3. The first-order valence-corrected chi connectivity index (χ1v) is 7.85. The molecular formula is CH3Cl5OS. The average Bonchev–Trinajstić information content (AvgIpc) is 1.30. The van der Waals surface area contributed by atoms with Crippen LogP contribution in [-0.4, -0.2) is 7.11 Å². The lowest BCUT2D eigenvalue weighted by atomic mass is 11.8. The van der Waals surface area contributed by atoms with Crippen molar-refractivity contribution >= 4 is 58.1 Å². The van der Waals surface area contributed by atoms with Crippen molar-refractivity contribution in [3.63, 3.8) is 0 Å². The highest BCUT2D eigenvalue weighted by Crippen LogP contribution is 3.09. The molecule has 0 bridgehead atoms. The third-order valence-electron chi connectivity index (χ3n) is 0.315. The number of halogens is 5. The molecule has 0 spiro atoms. The van der Waals surface area contributed by atoms with Gasteiger partial charge in [-0.25, -0.2) is 0 Å². The summed E-state index contributed by atoms with van der Waals surface area (Å²) in [5.41, 5.74) is 0. The van der Waals surface area contributed by atoms with Crippen molar-refractivity contribution < 1.29 is 4.18 Å². The minimum atomic E-state index is -4.64. The molecule has 0 radical (unpaired) electrons. The molecule has 0 aliphatic heterocycles. The highest BCUT2D eigenvalue weighted by molar-refractivity contribution is 9.21. The zero-order valence-corrected chi connectivity index (χ0v) is 8.30. The molecule has 54 valence electrons. The fraction of sp³-hybridized carbons (Fsp3) is 1.00. The van der Waals surface area contributed by atoms with Gasteiger partial charge in [-0.15, -0.1) is 0 Å². The Morgan fingerprint density at radius 3 is 1.12 bits per heavy atom. The van der Waals surface area contributed by atoms with Gasteiger partial charge in [-0.05, 0) is 53.4 Å². The van der Waals surface area contributed by atoms with Crippen LogP contribution >= 0.6 is 58.1 Å². The summed E-state index contributed by atoms with van der Waals surface area (Å²) in [7, 11) is 27.0. The van der Waals surface area contributed by atoms with Gasteiger partial charge in [0, 0.05) is 0 Å². The minimum absolute atomic E-state index is 1.12. The van der Waals surface area contributed by atoms with Crippen LogP contribution in [0.1, 0.15) is 0 Å². The molecule has 0 atom stereocenters. The van der Waals surface area contributed by atoms with Crippen LogP contribution in [0.3, 0.4) is 0 Å². The second-order valence-electron chi connectivity index (χ2n) is 1.06. The fourth-order valence-corrected chi connectivity index (χ4v) is 0. The minimum Gasteiger partial charge on any atom is -0.299 e. The predicted octanol–water partition coefficient (Wildman–Crippen LogP) is 4.19. The Balaban J connectivity index is 4.50. The average molecular weight is 240 g/mol. The predicted molar refractivity (Wildman–Crippen MR) is 43.9 cm³/mol. The second kappa shape index (κ2) is 1.67. The first-order valence-electron chi connectivity index (χ1n) is 1.35. The van der Waals surface area contributed by atoms with Gasteiger partial charge in [0.1, 0.15) is 4.64 Å². The molecular weight excluding hydrogens is 237 g/mol. The molecule has 0 heterocycles. The van der Waals surface area contributed by atoms with Gasteiger partial charge in [0.15, 0.2) is 0 Å².